The molecule has 1 unspecified atom stereocenters. The van der Waals surface area contributed by atoms with Gasteiger partial charge in [-0.15, -0.1) is 0 Å². The number of anilines is 1. The Hall–Kier alpha value is -3.00. The van der Waals surface area contributed by atoms with Crippen LogP contribution in [0.15, 0.2) is 78.9 Å². The number of fused-ring (bicyclic) bond motifs is 1. The SMILES string of the molecule is Cc1ccccc1NCc1ccc2ccccc2c1C1C=CC=[C]N1. The lowest BCUT2D eigenvalue weighted by Gasteiger charge is -2.22. The third-order valence-corrected chi connectivity index (χ3v) is 4.71. The van der Waals surface area contributed by atoms with Crippen molar-refractivity contribution in [2.24, 2.45) is 0 Å². The highest BCUT2D eigenvalue weighted by Crippen LogP contribution is 2.30. The van der Waals surface area contributed by atoms with Gasteiger partial charge in [0.25, 0.3) is 0 Å². The zero-order chi connectivity index (χ0) is 17.1. The van der Waals surface area contributed by atoms with Gasteiger partial charge >= 0.3 is 0 Å². The Balaban J connectivity index is 1.74. The van der Waals surface area contributed by atoms with Gasteiger partial charge < -0.3 is 10.6 Å². The summed E-state index contributed by atoms with van der Waals surface area (Å²) in [5, 5.41) is 9.51. The molecule has 0 aromatic heterocycles. The van der Waals surface area contributed by atoms with Crippen LogP contribution in [0.1, 0.15) is 22.7 Å². The van der Waals surface area contributed by atoms with Crippen LogP contribution < -0.4 is 10.6 Å². The Bertz CT molecular complexity index is 953. The standard InChI is InChI=1S/C23H21N2/c1-17-8-2-5-11-21(17)25-16-19-14-13-18-9-3-4-10-20(18)23(19)22-12-6-7-15-24-22/h2-14,22,24-25H,16H2,1H3. The fourth-order valence-corrected chi connectivity index (χ4v) is 3.39. The predicted molar refractivity (Wildman–Crippen MR) is 105 cm³/mol. The normalized spacial score (nSPS) is 16.0. The summed E-state index contributed by atoms with van der Waals surface area (Å²) in [4.78, 5) is 0. The molecule has 1 radical (unpaired) electrons. The Morgan fingerprint density at radius 2 is 1.84 bits per heavy atom. The van der Waals surface area contributed by atoms with Crippen molar-refractivity contribution < 1.29 is 0 Å². The second kappa shape index (κ2) is 6.86. The number of allylic oxidation sites excluding steroid dienone is 2. The largest absolute Gasteiger partial charge is 0.381 e. The number of para-hydroxylation sites is 1. The molecule has 1 aliphatic rings. The van der Waals surface area contributed by atoms with Crippen molar-refractivity contribution >= 4 is 16.5 Å². The van der Waals surface area contributed by atoms with Crippen LogP contribution >= 0.6 is 0 Å². The Labute approximate surface area is 148 Å². The van der Waals surface area contributed by atoms with Crippen molar-refractivity contribution in [3.8, 4) is 0 Å². The number of nitrogens with one attached hydrogen (secondary N) is 2. The minimum absolute atomic E-state index is 0.143. The highest BCUT2D eigenvalue weighted by Gasteiger charge is 2.16. The molecule has 0 saturated heterocycles. The molecule has 0 fully saturated rings. The van der Waals surface area contributed by atoms with E-state index in [0.29, 0.717) is 0 Å². The van der Waals surface area contributed by atoms with Crippen LogP contribution in [0.2, 0.25) is 0 Å². The van der Waals surface area contributed by atoms with Crippen LogP contribution in [-0.4, -0.2) is 0 Å². The number of dihydropyridines is 1. The molecule has 2 nitrogen and oxygen atoms in total. The minimum atomic E-state index is 0.143. The van der Waals surface area contributed by atoms with Gasteiger partial charge in [-0.1, -0.05) is 66.7 Å². The van der Waals surface area contributed by atoms with Crippen molar-refractivity contribution in [2.45, 2.75) is 19.5 Å². The summed E-state index contributed by atoms with van der Waals surface area (Å²) in [5.41, 5.74) is 5.06. The highest BCUT2D eigenvalue weighted by atomic mass is 14.9. The molecule has 3 aromatic rings. The molecule has 4 rings (SSSR count). The molecular weight excluding hydrogens is 304 g/mol. The summed E-state index contributed by atoms with van der Waals surface area (Å²) in [5.74, 6) is 0. The molecule has 123 valence electrons. The second-order valence-corrected chi connectivity index (χ2v) is 6.35. The van der Waals surface area contributed by atoms with Crippen LogP contribution in [0, 0.1) is 13.1 Å². The van der Waals surface area contributed by atoms with E-state index in [4.69, 9.17) is 0 Å². The smallest absolute Gasteiger partial charge is 0.0711 e. The number of benzene rings is 3. The van der Waals surface area contributed by atoms with E-state index < -0.39 is 0 Å². The first-order chi connectivity index (χ1) is 12.3. The average Bonchev–Trinajstić information content (AvgIpc) is 2.67. The molecule has 0 spiro atoms. The third kappa shape index (κ3) is 3.16. The lowest BCUT2D eigenvalue weighted by Crippen LogP contribution is -2.18. The first-order valence-electron chi connectivity index (χ1n) is 8.64. The van der Waals surface area contributed by atoms with Crippen molar-refractivity contribution in [3.05, 3.63) is 102 Å². The van der Waals surface area contributed by atoms with Gasteiger partial charge in [-0.2, -0.15) is 0 Å². The monoisotopic (exact) mass is 325 g/mol. The third-order valence-electron chi connectivity index (χ3n) is 4.71. The number of aryl methyl sites for hydroxylation is 1. The van der Waals surface area contributed by atoms with Gasteiger partial charge in [-0.25, -0.2) is 0 Å². The van der Waals surface area contributed by atoms with E-state index in [1.54, 1.807) is 0 Å². The van der Waals surface area contributed by atoms with E-state index in [1.807, 2.05) is 6.08 Å². The van der Waals surface area contributed by atoms with Crippen LogP contribution in [0.25, 0.3) is 10.8 Å². The van der Waals surface area contributed by atoms with E-state index >= 15 is 0 Å². The zero-order valence-corrected chi connectivity index (χ0v) is 14.3. The van der Waals surface area contributed by atoms with Gasteiger partial charge in [0.1, 0.15) is 0 Å². The molecule has 2 N–H and O–H groups in total. The lowest BCUT2D eigenvalue weighted by atomic mass is 9.92. The molecule has 2 heteroatoms. The summed E-state index contributed by atoms with van der Waals surface area (Å²) in [6.45, 7) is 2.93. The average molecular weight is 325 g/mol. The summed E-state index contributed by atoms with van der Waals surface area (Å²) >= 11 is 0. The zero-order valence-electron chi connectivity index (χ0n) is 14.3. The van der Waals surface area contributed by atoms with Gasteiger partial charge in [-0.05, 0) is 46.5 Å². The molecule has 1 aliphatic heterocycles. The topological polar surface area (TPSA) is 24.1 Å². The van der Waals surface area contributed by atoms with Gasteiger partial charge in [0.05, 0.1) is 12.2 Å². The number of hydrogen-bond donors (Lipinski definition) is 2. The summed E-state index contributed by atoms with van der Waals surface area (Å²) < 4.78 is 0. The van der Waals surface area contributed by atoms with E-state index in [0.717, 1.165) is 6.54 Å². The lowest BCUT2D eigenvalue weighted by molar-refractivity contribution is 0.726. The maximum atomic E-state index is 3.59. The molecule has 3 aromatic carbocycles. The Morgan fingerprint density at radius 3 is 2.68 bits per heavy atom. The van der Waals surface area contributed by atoms with Crippen molar-refractivity contribution in [1.82, 2.24) is 5.32 Å². The minimum Gasteiger partial charge on any atom is -0.381 e. The number of hydrogen-bond acceptors (Lipinski definition) is 2. The van der Waals surface area contributed by atoms with Crippen LogP contribution in [0.4, 0.5) is 5.69 Å². The molecule has 1 atom stereocenters. The molecule has 0 amide bonds. The first kappa shape index (κ1) is 15.5. The van der Waals surface area contributed by atoms with E-state index in [2.05, 4.69) is 96.6 Å². The van der Waals surface area contributed by atoms with E-state index in [-0.39, 0.29) is 6.04 Å². The highest BCUT2D eigenvalue weighted by molar-refractivity contribution is 5.87. The molecule has 25 heavy (non-hydrogen) atoms. The summed E-state index contributed by atoms with van der Waals surface area (Å²) in [6.07, 6.45) is 9.28. The van der Waals surface area contributed by atoms with E-state index in [9.17, 15) is 0 Å². The van der Waals surface area contributed by atoms with Crippen molar-refractivity contribution in [3.63, 3.8) is 0 Å². The van der Waals surface area contributed by atoms with Gasteiger partial charge in [-0.3, -0.25) is 0 Å². The molecule has 0 bridgehead atoms. The Kier molecular flexibility index (Phi) is 4.26. The fraction of sp³-hybridized carbons (Fsp3) is 0.130. The van der Waals surface area contributed by atoms with Gasteiger partial charge in [0.15, 0.2) is 0 Å². The predicted octanol–water partition coefficient (Wildman–Crippen LogP) is 5.28. The van der Waals surface area contributed by atoms with Crippen LogP contribution in [-0.2, 0) is 6.54 Å². The van der Waals surface area contributed by atoms with Crippen molar-refractivity contribution in [2.75, 3.05) is 5.32 Å². The Morgan fingerprint density at radius 1 is 1.00 bits per heavy atom. The second-order valence-electron chi connectivity index (χ2n) is 6.35. The van der Waals surface area contributed by atoms with Crippen molar-refractivity contribution in [1.29, 1.82) is 0 Å². The van der Waals surface area contributed by atoms with Gasteiger partial charge in [0, 0.05) is 12.2 Å². The summed E-state index contributed by atoms with van der Waals surface area (Å²) in [7, 11) is 0. The molecule has 0 aliphatic carbocycles. The fourth-order valence-electron chi connectivity index (χ4n) is 3.39. The number of rotatable bonds is 4. The van der Waals surface area contributed by atoms with Crippen LogP contribution in [0.5, 0.6) is 0 Å². The van der Waals surface area contributed by atoms with Crippen LogP contribution in [0.3, 0.4) is 0 Å². The van der Waals surface area contributed by atoms with E-state index in [1.165, 1.54) is 33.2 Å². The maximum Gasteiger partial charge on any atom is 0.0711 e. The quantitative estimate of drug-likeness (QED) is 0.682. The molecule has 1 heterocycles. The summed E-state index contributed by atoms with van der Waals surface area (Å²) in [6, 6.07) is 21.6. The molecular formula is C23H21N2. The maximum absolute atomic E-state index is 3.59. The molecule has 0 saturated carbocycles. The van der Waals surface area contributed by atoms with Gasteiger partial charge in [0.2, 0.25) is 0 Å². The first-order valence-corrected chi connectivity index (χ1v) is 8.64.